The van der Waals surface area contributed by atoms with Gasteiger partial charge < -0.3 is 0 Å². The van der Waals surface area contributed by atoms with E-state index in [-0.39, 0.29) is 25.6 Å². The van der Waals surface area contributed by atoms with E-state index in [1.54, 1.807) is 7.05 Å². The summed E-state index contributed by atoms with van der Waals surface area (Å²) in [5.41, 5.74) is 0.413. The Morgan fingerprint density at radius 1 is 1.20 bits per heavy atom. The molecular weight excluding hydrogens is 411 g/mol. The summed E-state index contributed by atoms with van der Waals surface area (Å²) >= 11 is 12.3. The molecule has 0 atom stereocenters. The molecule has 132 valence electrons. The van der Waals surface area contributed by atoms with Crippen molar-refractivity contribution in [3.63, 3.8) is 0 Å². The fourth-order valence-corrected chi connectivity index (χ4v) is 4.25. The zero-order valence-corrected chi connectivity index (χ0v) is 15.9. The van der Waals surface area contributed by atoms with Gasteiger partial charge in [-0.25, -0.2) is 17.9 Å². The molecule has 25 heavy (non-hydrogen) atoms. The van der Waals surface area contributed by atoms with Gasteiger partial charge in [-0.2, -0.15) is 4.37 Å². The largest absolute Gasteiger partial charge is 0.328 e. The number of hydrogen-bond donors (Lipinski definition) is 1. The van der Waals surface area contributed by atoms with Crippen LogP contribution in [-0.4, -0.2) is 27.8 Å². The van der Waals surface area contributed by atoms with Gasteiger partial charge in [-0.1, -0.05) is 23.2 Å². The summed E-state index contributed by atoms with van der Waals surface area (Å²) in [6, 6.07) is 4.09. The first-order valence-electron chi connectivity index (χ1n) is 6.66. The smallest absolute Gasteiger partial charge is 0.295 e. The van der Waals surface area contributed by atoms with Crippen LogP contribution in [0.1, 0.15) is 10.5 Å². The second kappa shape index (κ2) is 6.13. The number of nitrogens with one attached hydrogen (secondary N) is 1. The molecule has 0 bridgehead atoms. The lowest BCUT2D eigenvalue weighted by atomic mass is 10.3. The minimum Gasteiger partial charge on any atom is -0.295 e. The summed E-state index contributed by atoms with van der Waals surface area (Å²) in [7, 11) is -1.09. The summed E-state index contributed by atoms with van der Waals surface area (Å²) in [5, 5.41) is -0.111. The van der Waals surface area contributed by atoms with Crippen molar-refractivity contribution in [3.8, 4) is 0 Å². The molecule has 1 aromatic carbocycles. The highest BCUT2D eigenvalue weighted by atomic mass is 35.5. The Hall–Kier alpha value is -1.88. The van der Waals surface area contributed by atoms with Gasteiger partial charge in [0.2, 0.25) is 0 Å². The number of rotatable bonds is 3. The number of carbonyl (C=O) groups excluding carboxylic acids is 1. The lowest BCUT2D eigenvalue weighted by molar-refractivity contribution is 0.0978. The number of aromatic nitrogens is 3. The van der Waals surface area contributed by atoms with E-state index in [2.05, 4.69) is 4.37 Å². The van der Waals surface area contributed by atoms with E-state index < -0.39 is 15.9 Å². The maximum Gasteiger partial charge on any atom is 0.328 e. The highest BCUT2D eigenvalue weighted by molar-refractivity contribution is 7.90. The number of sulfonamides is 1. The SMILES string of the molecule is Cn1c(=O)n(C)c2cc(S(=O)(=O)NC(=O)c3nsc(Cl)c3Cl)ccc21. The number of aryl methyl sites for hydroxylation is 2. The van der Waals surface area contributed by atoms with Crippen LogP contribution in [0.4, 0.5) is 0 Å². The van der Waals surface area contributed by atoms with Gasteiger partial charge in [-0.05, 0) is 29.7 Å². The molecule has 12 heteroatoms. The van der Waals surface area contributed by atoms with Gasteiger partial charge in [0, 0.05) is 14.1 Å². The molecule has 8 nitrogen and oxygen atoms in total. The summed E-state index contributed by atoms with van der Waals surface area (Å²) in [4.78, 5) is 23.9. The van der Waals surface area contributed by atoms with Gasteiger partial charge >= 0.3 is 5.69 Å². The molecule has 2 aromatic heterocycles. The Morgan fingerprint density at radius 2 is 1.84 bits per heavy atom. The van der Waals surface area contributed by atoms with E-state index in [0.717, 1.165) is 11.5 Å². The third-order valence-corrected chi connectivity index (χ3v) is 6.53. The highest BCUT2D eigenvalue weighted by Gasteiger charge is 2.24. The number of nitrogens with zero attached hydrogens (tertiary/aromatic N) is 3. The van der Waals surface area contributed by atoms with Crippen LogP contribution in [0.3, 0.4) is 0 Å². The van der Waals surface area contributed by atoms with Crippen molar-refractivity contribution in [2.24, 2.45) is 14.1 Å². The lowest BCUT2D eigenvalue weighted by Crippen LogP contribution is -2.31. The van der Waals surface area contributed by atoms with E-state index in [9.17, 15) is 18.0 Å². The third kappa shape index (κ3) is 2.95. The highest BCUT2D eigenvalue weighted by Crippen LogP contribution is 2.29. The van der Waals surface area contributed by atoms with Gasteiger partial charge in [0.15, 0.2) is 5.69 Å². The van der Waals surface area contributed by atoms with Crippen molar-refractivity contribution in [3.05, 3.63) is 43.7 Å². The van der Waals surface area contributed by atoms with Crippen molar-refractivity contribution in [1.29, 1.82) is 0 Å². The molecule has 0 aliphatic carbocycles. The van der Waals surface area contributed by atoms with Crippen LogP contribution in [0.2, 0.25) is 9.36 Å². The summed E-state index contributed by atoms with van der Waals surface area (Å²) in [6.45, 7) is 0. The van der Waals surface area contributed by atoms with Crippen molar-refractivity contribution < 1.29 is 13.2 Å². The summed E-state index contributed by atoms with van der Waals surface area (Å²) in [5.74, 6) is -0.991. The van der Waals surface area contributed by atoms with Crippen LogP contribution < -0.4 is 10.4 Å². The quantitative estimate of drug-likeness (QED) is 0.694. The Kier molecular flexibility index (Phi) is 4.40. The molecular formula is C13H10Cl2N4O4S2. The molecule has 0 aliphatic heterocycles. The Bertz CT molecular complexity index is 1180. The van der Waals surface area contributed by atoms with E-state index in [4.69, 9.17) is 23.2 Å². The maximum absolute atomic E-state index is 12.5. The molecule has 3 aromatic rings. The molecule has 0 unspecified atom stereocenters. The van der Waals surface area contributed by atoms with E-state index in [1.165, 1.54) is 34.4 Å². The third-order valence-electron chi connectivity index (χ3n) is 3.59. The fraction of sp³-hybridized carbons (Fsp3) is 0.154. The van der Waals surface area contributed by atoms with E-state index in [1.807, 2.05) is 4.72 Å². The average Bonchev–Trinajstić information content (AvgIpc) is 3.00. The van der Waals surface area contributed by atoms with Crippen LogP contribution in [0, 0.1) is 0 Å². The Labute approximate surface area is 155 Å². The number of fused-ring (bicyclic) bond motifs is 1. The zero-order valence-electron chi connectivity index (χ0n) is 12.8. The molecule has 2 heterocycles. The first kappa shape index (κ1) is 17.9. The van der Waals surface area contributed by atoms with Crippen molar-refractivity contribution >= 4 is 61.7 Å². The molecule has 1 amide bonds. The number of benzene rings is 1. The molecule has 1 N–H and O–H groups in total. The fourth-order valence-electron chi connectivity index (χ4n) is 2.28. The van der Waals surface area contributed by atoms with Crippen LogP contribution in [0.25, 0.3) is 11.0 Å². The Morgan fingerprint density at radius 3 is 2.44 bits per heavy atom. The zero-order chi connectivity index (χ0) is 18.5. The summed E-state index contributed by atoms with van der Waals surface area (Å²) in [6.07, 6.45) is 0. The molecule has 0 radical (unpaired) electrons. The minimum atomic E-state index is -4.19. The lowest BCUT2D eigenvalue weighted by Gasteiger charge is -2.06. The topological polar surface area (TPSA) is 103 Å². The molecule has 0 aliphatic rings. The van der Waals surface area contributed by atoms with Gasteiger partial charge in [0.05, 0.1) is 15.9 Å². The first-order valence-corrected chi connectivity index (χ1v) is 9.68. The van der Waals surface area contributed by atoms with Gasteiger partial charge in [-0.3, -0.25) is 13.9 Å². The number of imidazole rings is 1. The molecule has 0 saturated heterocycles. The maximum atomic E-state index is 12.5. The number of carbonyl (C=O) groups is 1. The van der Waals surface area contributed by atoms with Gasteiger partial charge in [0.1, 0.15) is 9.36 Å². The predicted octanol–water partition coefficient (Wildman–Crippen LogP) is 1.76. The van der Waals surface area contributed by atoms with Crippen molar-refractivity contribution in [2.45, 2.75) is 4.90 Å². The van der Waals surface area contributed by atoms with Crippen molar-refractivity contribution in [1.82, 2.24) is 18.2 Å². The van der Waals surface area contributed by atoms with Crippen LogP contribution >= 0.6 is 34.7 Å². The average molecular weight is 421 g/mol. The number of amides is 1. The Balaban J connectivity index is 2.01. The van der Waals surface area contributed by atoms with Crippen molar-refractivity contribution in [2.75, 3.05) is 0 Å². The number of halogens is 2. The molecule has 0 saturated carbocycles. The monoisotopic (exact) mass is 420 g/mol. The molecule has 0 spiro atoms. The second-order valence-electron chi connectivity index (χ2n) is 5.10. The molecule has 0 fully saturated rings. The first-order chi connectivity index (χ1) is 11.6. The number of hydrogen-bond acceptors (Lipinski definition) is 6. The second-order valence-corrected chi connectivity index (χ2v) is 8.54. The standard InChI is InChI=1S/C13H10Cl2N4O4S2/c1-18-7-4-3-6(5-8(7)19(2)13(18)21)25(22,23)17-12(20)10-9(14)11(15)24-16-10/h3-5H,1-2H3,(H,17,20). The summed E-state index contributed by atoms with van der Waals surface area (Å²) < 4.78 is 33.3. The van der Waals surface area contributed by atoms with Gasteiger partial charge in [-0.15, -0.1) is 0 Å². The van der Waals surface area contributed by atoms with Crippen LogP contribution in [0.5, 0.6) is 0 Å². The predicted molar refractivity (Wildman–Crippen MR) is 94.9 cm³/mol. The normalized spacial score (nSPS) is 11.8. The van der Waals surface area contributed by atoms with Crippen LogP contribution in [-0.2, 0) is 24.1 Å². The minimum absolute atomic E-state index is 0.0879. The van der Waals surface area contributed by atoms with Crippen LogP contribution in [0.15, 0.2) is 27.9 Å². The van der Waals surface area contributed by atoms with Gasteiger partial charge in [0.25, 0.3) is 15.9 Å². The molecule has 3 rings (SSSR count). The van der Waals surface area contributed by atoms with E-state index >= 15 is 0 Å². The van der Waals surface area contributed by atoms with E-state index in [0.29, 0.717) is 11.0 Å².